The molecule has 0 aliphatic carbocycles. The highest BCUT2D eigenvalue weighted by Gasteiger charge is 2.27. The molecule has 2 aromatic rings. The second-order valence-electron chi connectivity index (χ2n) is 9.52. The van der Waals surface area contributed by atoms with E-state index in [4.69, 9.17) is 10.4 Å². The highest BCUT2D eigenvalue weighted by atomic mass is 15.1. The van der Waals surface area contributed by atoms with Crippen LogP contribution in [-0.4, -0.2) is 30.7 Å². The fourth-order valence-corrected chi connectivity index (χ4v) is 5.27. The zero-order chi connectivity index (χ0) is 24.6. The van der Waals surface area contributed by atoms with E-state index in [2.05, 4.69) is 90.1 Å². The smallest absolute Gasteiger partial charge is 0.154 e. The third-order valence-electron chi connectivity index (χ3n) is 8.23. The molecule has 0 amide bonds. The van der Waals surface area contributed by atoms with Gasteiger partial charge in [0.15, 0.2) is 5.84 Å². The maximum absolute atomic E-state index is 8.68. The zero-order valence-corrected chi connectivity index (χ0v) is 22.3. The first-order valence-electron chi connectivity index (χ1n) is 12.8. The average molecular weight is 448 g/mol. The molecule has 0 radical (unpaired) electrons. The molecule has 33 heavy (non-hydrogen) atoms. The van der Waals surface area contributed by atoms with Crippen LogP contribution in [0.5, 0.6) is 0 Å². The number of aliphatic imine (C=N–C) groups is 1. The van der Waals surface area contributed by atoms with E-state index in [0.29, 0.717) is 5.84 Å². The Hall–Kier alpha value is -2.42. The molecule has 3 heteroatoms. The molecule has 0 saturated heterocycles. The van der Waals surface area contributed by atoms with E-state index in [1.807, 2.05) is 19.0 Å². The molecule has 2 rings (SSSR count). The Morgan fingerprint density at radius 1 is 0.636 bits per heavy atom. The molecule has 0 aromatic heterocycles. The summed E-state index contributed by atoms with van der Waals surface area (Å²) in [5.74, 6) is 1.12. The van der Waals surface area contributed by atoms with Gasteiger partial charge in [0.2, 0.25) is 0 Å². The number of nitrogens with zero attached hydrogens (tertiary/aromatic N) is 2. The Morgan fingerprint density at radius 3 is 1.27 bits per heavy atom. The molecule has 0 aliphatic heterocycles. The van der Waals surface area contributed by atoms with Crippen LogP contribution in [0.2, 0.25) is 0 Å². The summed E-state index contributed by atoms with van der Waals surface area (Å²) >= 11 is 0. The van der Waals surface area contributed by atoms with Crippen molar-refractivity contribution in [1.29, 1.82) is 5.41 Å². The van der Waals surface area contributed by atoms with Gasteiger partial charge in [-0.2, -0.15) is 0 Å². The monoisotopic (exact) mass is 447 g/mol. The van der Waals surface area contributed by atoms with E-state index >= 15 is 0 Å². The lowest BCUT2D eigenvalue weighted by molar-refractivity contribution is 0.381. The topological polar surface area (TPSA) is 39.5 Å². The minimum Gasteiger partial charge on any atom is -0.362 e. The van der Waals surface area contributed by atoms with Crippen LogP contribution in [0.1, 0.15) is 102 Å². The van der Waals surface area contributed by atoms with Gasteiger partial charge in [-0.05, 0) is 60.5 Å². The average Bonchev–Trinajstić information content (AvgIpc) is 2.86. The Bertz CT molecular complexity index is 895. The van der Waals surface area contributed by atoms with Gasteiger partial charge in [-0.25, -0.2) is 4.99 Å². The van der Waals surface area contributed by atoms with Crippen LogP contribution in [0, 0.1) is 5.41 Å². The van der Waals surface area contributed by atoms with E-state index in [9.17, 15) is 0 Å². The van der Waals surface area contributed by atoms with Crippen LogP contribution < -0.4 is 0 Å². The Kier molecular flexibility index (Phi) is 9.46. The van der Waals surface area contributed by atoms with Gasteiger partial charge in [0.1, 0.15) is 5.84 Å². The molecule has 2 aromatic carbocycles. The van der Waals surface area contributed by atoms with Crippen molar-refractivity contribution in [2.45, 2.75) is 90.9 Å². The van der Waals surface area contributed by atoms with Crippen molar-refractivity contribution in [3.63, 3.8) is 0 Å². The van der Waals surface area contributed by atoms with Crippen molar-refractivity contribution in [2.24, 2.45) is 4.99 Å². The lowest BCUT2D eigenvalue weighted by Gasteiger charge is -2.31. The molecule has 0 fully saturated rings. The van der Waals surface area contributed by atoms with E-state index < -0.39 is 0 Å². The highest BCUT2D eigenvalue weighted by molar-refractivity contribution is 6.10. The summed E-state index contributed by atoms with van der Waals surface area (Å²) in [5, 5.41) is 8.68. The predicted molar refractivity (Wildman–Crippen MR) is 145 cm³/mol. The molecule has 0 saturated carbocycles. The van der Waals surface area contributed by atoms with Gasteiger partial charge < -0.3 is 4.90 Å². The second kappa shape index (κ2) is 11.6. The molecule has 3 nitrogen and oxygen atoms in total. The van der Waals surface area contributed by atoms with Gasteiger partial charge >= 0.3 is 0 Å². The van der Waals surface area contributed by atoms with E-state index in [1.165, 1.54) is 11.1 Å². The van der Waals surface area contributed by atoms with Crippen LogP contribution in [0.4, 0.5) is 0 Å². The van der Waals surface area contributed by atoms with Crippen molar-refractivity contribution >= 4 is 11.7 Å². The van der Waals surface area contributed by atoms with Crippen LogP contribution >= 0.6 is 0 Å². The largest absolute Gasteiger partial charge is 0.362 e. The molecule has 0 bridgehead atoms. The predicted octanol–water partition coefficient (Wildman–Crippen LogP) is 7.96. The number of hydrogen-bond donors (Lipinski definition) is 1. The summed E-state index contributed by atoms with van der Waals surface area (Å²) in [6.07, 6.45) is 6.82. The second-order valence-corrected chi connectivity index (χ2v) is 9.52. The number of benzene rings is 2. The SMILES string of the molecule is CCC(CC)(CC)c1ccc(C(=N)/N=C(/c2ccc(C(CC)(CC)CC)cc2)N(C)C)cc1. The summed E-state index contributed by atoms with van der Waals surface area (Å²) in [7, 11) is 3.99. The summed E-state index contributed by atoms with van der Waals surface area (Å²) < 4.78 is 0. The number of nitrogens with one attached hydrogen (secondary N) is 1. The van der Waals surface area contributed by atoms with Crippen molar-refractivity contribution in [1.82, 2.24) is 4.90 Å². The molecule has 0 aliphatic rings. The molecule has 0 atom stereocenters. The van der Waals surface area contributed by atoms with E-state index in [1.54, 1.807) is 0 Å². The van der Waals surface area contributed by atoms with Crippen LogP contribution in [0.3, 0.4) is 0 Å². The number of amidine groups is 2. The fourth-order valence-electron chi connectivity index (χ4n) is 5.27. The Morgan fingerprint density at radius 2 is 0.970 bits per heavy atom. The summed E-state index contributed by atoms with van der Waals surface area (Å²) in [6.45, 7) is 13.7. The minimum atomic E-state index is 0.227. The maximum atomic E-state index is 8.68. The fraction of sp³-hybridized carbons (Fsp3) is 0.533. The maximum Gasteiger partial charge on any atom is 0.154 e. The van der Waals surface area contributed by atoms with Crippen LogP contribution in [0.15, 0.2) is 53.5 Å². The summed E-state index contributed by atoms with van der Waals surface area (Å²) in [4.78, 5) is 6.75. The van der Waals surface area contributed by atoms with Crippen molar-refractivity contribution < 1.29 is 0 Å². The third kappa shape index (κ3) is 5.57. The molecular formula is C30H45N3. The van der Waals surface area contributed by atoms with Gasteiger partial charge in [0.25, 0.3) is 0 Å². The molecule has 0 unspecified atom stereocenters. The van der Waals surface area contributed by atoms with Crippen molar-refractivity contribution in [3.8, 4) is 0 Å². The standard InChI is InChI=1S/C30H45N3/c1-9-29(10-2,11-3)25-19-15-23(16-20-25)27(31)32-28(33(7)8)24-17-21-26(22-18-24)30(12-4,13-5)14-6/h15-22,31H,9-14H2,1-8H3/b31-27?,32-28-. The molecular weight excluding hydrogens is 402 g/mol. The molecule has 1 N–H and O–H groups in total. The molecule has 0 spiro atoms. The van der Waals surface area contributed by atoms with Gasteiger partial charge in [-0.1, -0.05) is 90.1 Å². The quantitative estimate of drug-likeness (QED) is 0.291. The Labute approximate surface area is 202 Å². The molecule has 180 valence electrons. The first-order chi connectivity index (χ1) is 15.8. The van der Waals surface area contributed by atoms with Gasteiger partial charge in [-0.15, -0.1) is 0 Å². The third-order valence-corrected chi connectivity index (χ3v) is 8.23. The first kappa shape index (κ1) is 26.8. The van der Waals surface area contributed by atoms with Crippen LogP contribution in [-0.2, 0) is 10.8 Å². The van der Waals surface area contributed by atoms with Gasteiger partial charge in [-0.3, -0.25) is 5.41 Å². The summed E-state index contributed by atoms with van der Waals surface area (Å²) in [5.41, 5.74) is 5.13. The van der Waals surface area contributed by atoms with Crippen molar-refractivity contribution in [2.75, 3.05) is 14.1 Å². The lowest BCUT2D eigenvalue weighted by atomic mass is 9.73. The zero-order valence-electron chi connectivity index (χ0n) is 22.3. The lowest BCUT2D eigenvalue weighted by Crippen LogP contribution is -2.26. The number of rotatable bonds is 10. The molecule has 0 heterocycles. The van der Waals surface area contributed by atoms with Crippen molar-refractivity contribution in [3.05, 3.63) is 70.8 Å². The highest BCUT2D eigenvalue weighted by Crippen LogP contribution is 2.36. The normalized spacial score (nSPS) is 12.7. The van der Waals surface area contributed by atoms with E-state index in [0.717, 1.165) is 55.5 Å². The Balaban J connectivity index is 2.35. The minimum absolute atomic E-state index is 0.227. The van der Waals surface area contributed by atoms with Crippen LogP contribution in [0.25, 0.3) is 0 Å². The van der Waals surface area contributed by atoms with Gasteiger partial charge in [0.05, 0.1) is 0 Å². The first-order valence-corrected chi connectivity index (χ1v) is 12.8. The number of hydrogen-bond acceptors (Lipinski definition) is 1. The summed E-state index contributed by atoms with van der Waals surface area (Å²) in [6, 6.07) is 17.3. The van der Waals surface area contributed by atoms with Gasteiger partial charge in [0, 0.05) is 25.2 Å². The van der Waals surface area contributed by atoms with E-state index in [-0.39, 0.29) is 10.8 Å².